The van der Waals surface area contributed by atoms with Crippen molar-refractivity contribution in [2.24, 2.45) is 5.92 Å². The smallest absolute Gasteiger partial charge is 0.305 e. The van der Waals surface area contributed by atoms with Gasteiger partial charge in [0.2, 0.25) is 11.8 Å². The van der Waals surface area contributed by atoms with Crippen molar-refractivity contribution < 1.29 is 37.9 Å². The molecule has 2 rings (SSSR count). The number of aldehydes is 1. The lowest BCUT2D eigenvalue weighted by Gasteiger charge is -2.30. The fourth-order valence-corrected chi connectivity index (χ4v) is 3.65. The summed E-state index contributed by atoms with van der Waals surface area (Å²) in [6.45, 7) is 2.08. The molecule has 1 aliphatic rings. The van der Waals surface area contributed by atoms with Crippen LogP contribution in [0.1, 0.15) is 37.0 Å². The molecule has 3 atom stereocenters. The van der Waals surface area contributed by atoms with Crippen molar-refractivity contribution in [3.05, 3.63) is 28.8 Å². The van der Waals surface area contributed by atoms with Crippen molar-refractivity contribution in [3.63, 3.8) is 0 Å². The van der Waals surface area contributed by atoms with E-state index in [1.807, 2.05) is 0 Å². The van der Waals surface area contributed by atoms with E-state index in [0.717, 1.165) is 0 Å². The lowest BCUT2D eigenvalue weighted by molar-refractivity contribution is -0.142. The minimum Gasteiger partial charge on any atom is -0.481 e. The van der Waals surface area contributed by atoms with Crippen LogP contribution in [-0.4, -0.2) is 70.6 Å². The fraction of sp³-hybridized carbons (Fsp3) is 0.476. The molecule has 1 aliphatic heterocycles. The first-order valence-electron chi connectivity index (χ1n) is 10.3. The number of nitrogens with two attached hydrogens (primary N) is 1. The summed E-state index contributed by atoms with van der Waals surface area (Å²) in [5.41, 5.74) is 5.94. The van der Waals surface area contributed by atoms with Gasteiger partial charge in [0.05, 0.1) is 29.7 Å². The average Bonchev–Trinajstić information content (AvgIpc) is 3.07. The van der Waals surface area contributed by atoms with Crippen molar-refractivity contribution in [2.75, 3.05) is 12.3 Å². The summed E-state index contributed by atoms with van der Waals surface area (Å²) in [5, 5.41) is 13.5. The van der Waals surface area contributed by atoms with Crippen molar-refractivity contribution in [3.8, 4) is 0 Å². The average molecular weight is 503 g/mol. The normalized spacial score (nSPS) is 18.8. The standard InChI is InChI=1S/C21H25ClF2N4O6/c1-10(2)17(27-18(32)11-3-4-14(25)13(22)5-11)20(34)28-9-21(23,24)7-15(28)19(33)26-12(8-29)6-16(30)31/h3-5,8,10,12,15,17H,6-7,9,25H2,1-2H3,(H,26,33)(H,27,32)(H,30,31)/t12-,15?,17-/m0/s1. The molecule has 1 aromatic rings. The topological polar surface area (TPSA) is 159 Å². The van der Waals surface area contributed by atoms with Crippen molar-refractivity contribution in [1.82, 2.24) is 15.5 Å². The molecule has 0 radical (unpaired) electrons. The molecule has 0 saturated carbocycles. The van der Waals surface area contributed by atoms with E-state index < -0.39 is 73.0 Å². The molecule has 13 heteroatoms. The molecule has 3 amide bonds. The van der Waals surface area contributed by atoms with E-state index in [2.05, 4.69) is 10.6 Å². The fourth-order valence-electron chi connectivity index (χ4n) is 3.47. The number of carboxylic acid groups (broad SMARTS) is 1. The molecule has 0 aromatic heterocycles. The zero-order chi connectivity index (χ0) is 25.8. The molecular weight excluding hydrogens is 478 g/mol. The van der Waals surface area contributed by atoms with Gasteiger partial charge in [-0.25, -0.2) is 8.78 Å². The molecule has 1 heterocycles. The van der Waals surface area contributed by atoms with Gasteiger partial charge < -0.3 is 31.2 Å². The second kappa shape index (κ2) is 10.8. The molecular formula is C21H25ClF2N4O6. The number of rotatable bonds is 9. The molecule has 5 N–H and O–H groups in total. The number of hydrogen-bond donors (Lipinski definition) is 4. The van der Waals surface area contributed by atoms with Gasteiger partial charge in [-0.2, -0.15) is 0 Å². The van der Waals surface area contributed by atoms with Crippen LogP contribution in [0.2, 0.25) is 5.02 Å². The first kappa shape index (κ1) is 27.0. The van der Waals surface area contributed by atoms with Crippen LogP contribution >= 0.6 is 11.6 Å². The van der Waals surface area contributed by atoms with E-state index in [9.17, 15) is 32.8 Å². The lowest BCUT2D eigenvalue weighted by Crippen LogP contribution is -2.56. The maximum atomic E-state index is 14.2. The Bertz CT molecular complexity index is 990. The highest BCUT2D eigenvalue weighted by Gasteiger charge is 2.51. The number of nitrogen functional groups attached to an aromatic ring is 1. The number of halogens is 3. The molecule has 10 nitrogen and oxygen atoms in total. The number of likely N-dealkylation sites (tertiary alicyclic amines) is 1. The largest absolute Gasteiger partial charge is 0.481 e. The van der Waals surface area contributed by atoms with E-state index in [4.69, 9.17) is 22.4 Å². The summed E-state index contributed by atoms with van der Waals surface area (Å²) in [6, 6.07) is -0.327. The monoisotopic (exact) mass is 502 g/mol. The lowest BCUT2D eigenvalue weighted by atomic mass is 10.0. The number of alkyl halides is 2. The Morgan fingerprint density at radius 1 is 1.29 bits per heavy atom. The van der Waals surface area contributed by atoms with E-state index in [-0.39, 0.29) is 22.6 Å². The number of carboxylic acids is 1. The van der Waals surface area contributed by atoms with Crippen LogP contribution in [0.4, 0.5) is 14.5 Å². The predicted octanol–water partition coefficient (Wildman–Crippen LogP) is 1.07. The molecule has 186 valence electrons. The van der Waals surface area contributed by atoms with Gasteiger partial charge in [-0.1, -0.05) is 25.4 Å². The van der Waals surface area contributed by atoms with E-state index in [1.54, 1.807) is 13.8 Å². The van der Waals surface area contributed by atoms with E-state index >= 15 is 0 Å². The minimum absolute atomic E-state index is 0.0844. The van der Waals surface area contributed by atoms with Crippen molar-refractivity contribution in [1.29, 1.82) is 0 Å². The third-order valence-electron chi connectivity index (χ3n) is 5.22. The van der Waals surface area contributed by atoms with Crippen molar-refractivity contribution in [2.45, 2.75) is 50.7 Å². The Labute approximate surface area is 198 Å². The number of aliphatic carboxylic acids is 1. The van der Waals surface area contributed by atoms with Gasteiger partial charge in [0.1, 0.15) is 18.4 Å². The summed E-state index contributed by atoms with van der Waals surface area (Å²) in [7, 11) is 0. The summed E-state index contributed by atoms with van der Waals surface area (Å²) >= 11 is 5.92. The van der Waals surface area contributed by atoms with Crippen LogP contribution in [0.5, 0.6) is 0 Å². The molecule has 1 unspecified atom stereocenters. The quantitative estimate of drug-likeness (QED) is 0.290. The molecule has 0 bridgehead atoms. The zero-order valence-electron chi connectivity index (χ0n) is 18.4. The number of amides is 3. The Kier molecular flexibility index (Phi) is 8.54. The van der Waals surface area contributed by atoms with E-state index in [1.165, 1.54) is 18.2 Å². The highest BCUT2D eigenvalue weighted by molar-refractivity contribution is 6.33. The molecule has 0 aliphatic carbocycles. The van der Waals surface area contributed by atoms with Crippen LogP contribution in [0.3, 0.4) is 0 Å². The number of carbonyl (C=O) groups is 5. The highest BCUT2D eigenvalue weighted by atomic mass is 35.5. The molecule has 34 heavy (non-hydrogen) atoms. The van der Waals surface area contributed by atoms with Gasteiger partial charge in [-0.3, -0.25) is 19.2 Å². The first-order chi connectivity index (χ1) is 15.8. The second-order valence-corrected chi connectivity index (χ2v) is 8.73. The Morgan fingerprint density at radius 3 is 2.47 bits per heavy atom. The van der Waals surface area contributed by atoms with Gasteiger partial charge in [-0.05, 0) is 24.1 Å². The number of nitrogens with one attached hydrogen (secondary N) is 2. The SMILES string of the molecule is CC(C)[C@H](NC(=O)c1ccc(N)c(Cl)c1)C(=O)N1CC(F)(F)CC1C(=O)N[C@H](C=O)CC(=O)O. The molecule has 1 fully saturated rings. The van der Waals surface area contributed by atoms with Crippen LogP contribution in [-0.2, 0) is 19.2 Å². The van der Waals surface area contributed by atoms with Crippen LogP contribution in [0.15, 0.2) is 18.2 Å². The van der Waals surface area contributed by atoms with Gasteiger partial charge >= 0.3 is 5.97 Å². The van der Waals surface area contributed by atoms with Gasteiger partial charge in [0.15, 0.2) is 0 Å². The zero-order valence-corrected chi connectivity index (χ0v) is 19.1. The first-order valence-corrected chi connectivity index (χ1v) is 10.6. The number of carbonyl (C=O) groups excluding carboxylic acids is 4. The number of anilines is 1. The second-order valence-electron chi connectivity index (χ2n) is 8.32. The van der Waals surface area contributed by atoms with Crippen LogP contribution < -0.4 is 16.4 Å². The number of nitrogens with zero attached hydrogens (tertiary/aromatic N) is 1. The predicted molar refractivity (Wildman–Crippen MR) is 117 cm³/mol. The van der Waals surface area contributed by atoms with Gasteiger partial charge in [0, 0.05) is 12.0 Å². The Hall–Kier alpha value is -3.28. The highest BCUT2D eigenvalue weighted by Crippen LogP contribution is 2.33. The Balaban J connectivity index is 2.25. The number of benzene rings is 1. The molecule has 1 saturated heterocycles. The summed E-state index contributed by atoms with van der Waals surface area (Å²) in [6.07, 6.45) is -1.60. The van der Waals surface area contributed by atoms with Crippen molar-refractivity contribution >= 4 is 47.3 Å². The summed E-state index contributed by atoms with van der Waals surface area (Å²) in [5.74, 6) is -8.06. The number of hydrogen-bond acceptors (Lipinski definition) is 6. The third-order valence-corrected chi connectivity index (χ3v) is 5.55. The van der Waals surface area contributed by atoms with Gasteiger partial charge in [-0.15, -0.1) is 0 Å². The summed E-state index contributed by atoms with van der Waals surface area (Å²) < 4.78 is 28.4. The Morgan fingerprint density at radius 2 is 1.94 bits per heavy atom. The third kappa shape index (κ3) is 6.62. The summed E-state index contributed by atoms with van der Waals surface area (Å²) in [4.78, 5) is 61.0. The molecule has 1 aromatic carbocycles. The minimum atomic E-state index is -3.41. The maximum Gasteiger partial charge on any atom is 0.305 e. The molecule has 0 spiro atoms. The van der Waals surface area contributed by atoms with Crippen LogP contribution in [0, 0.1) is 5.92 Å². The maximum absolute atomic E-state index is 14.2. The van der Waals surface area contributed by atoms with E-state index in [0.29, 0.717) is 4.90 Å². The van der Waals surface area contributed by atoms with Crippen LogP contribution in [0.25, 0.3) is 0 Å². The van der Waals surface area contributed by atoms with Gasteiger partial charge in [0.25, 0.3) is 11.8 Å².